The molecule has 4 aromatic rings. The van der Waals surface area contributed by atoms with Gasteiger partial charge in [-0.3, -0.25) is 19.0 Å². The molecule has 12 heteroatoms. The summed E-state index contributed by atoms with van der Waals surface area (Å²) in [5.74, 6) is -1.50. The van der Waals surface area contributed by atoms with Crippen LogP contribution in [0.1, 0.15) is 20.8 Å². The fraction of sp³-hybridized carbons (Fsp3) is 0.148. The van der Waals surface area contributed by atoms with Crippen molar-refractivity contribution in [3.8, 4) is 16.9 Å². The number of nitrogens with one attached hydrogen (secondary N) is 2. The Hall–Kier alpha value is -4.25. The third-order valence-corrected chi connectivity index (χ3v) is 6.12. The highest BCUT2D eigenvalue weighted by molar-refractivity contribution is 6.31. The zero-order valence-corrected chi connectivity index (χ0v) is 22.5. The summed E-state index contributed by atoms with van der Waals surface area (Å²) in [7, 11) is 3.84. The molecule has 0 saturated heterocycles. The molecule has 39 heavy (non-hydrogen) atoms. The van der Waals surface area contributed by atoms with E-state index in [0.717, 1.165) is 0 Å². The van der Waals surface area contributed by atoms with E-state index in [4.69, 9.17) is 23.2 Å². The van der Waals surface area contributed by atoms with Gasteiger partial charge in [-0.15, -0.1) is 0 Å². The lowest BCUT2D eigenvalue weighted by Crippen LogP contribution is -2.27. The summed E-state index contributed by atoms with van der Waals surface area (Å²) in [5.41, 5.74) is 1.16. The summed E-state index contributed by atoms with van der Waals surface area (Å²) in [4.78, 5) is 48.7. The van der Waals surface area contributed by atoms with Crippen LogP contribution in [0.3, 0.4) is 0 Å². The predicted octanol–water partition coefficient (Wildman–Crippen LogP) is 4.38. The number of phenolic OH excluding ortho intramolecular Hbond substituents is 1. The van der Waals surface area contributed by atoms with Gasteiger partial charge in [-0.2, -0.15) is 0 Å². The van der Waals surface area contributed by atoms with Crippen LogP contribution in [0.4, 0.5) is 11.4 Å². The van der Waals surface area contributed by atoms with Crippen LogP contribution in [-0.4, -0.2) is 57.0 Å². The van der Waals surface area contributed by atoms with Gasteiger partial charge in [0.05, 0.1) is 22.6 Å². The Balaban J connectivity index is 1.54. The number of carbonyl (C=O) groups excluding carboxylic acids is 2. The average Bonchev–Trinajstić information content (AvgIpc) is 2.90. The Bertz CT molecular complexity index is 1570. The van der Waals surface area contributed by atoms with Crippen molar-refractivity contribution in [1.82, 2.24) is 19.4 Å². The molecule has 0 radical (unpaired) electrons. The van der Waals surface area contributed by atoms with E-state index in [-0.39, 0.29) is 39.0 Å². The van der Waals surface area contributed by atoms with Crippen molar-refractivity contribution in [2.45, 2.75) is 6.54 Å². The van der Waals surface area contributed by atoms with Crippen LogP contribution in [0.5, 0.6) is 5.75 Å². The van der Waals surface area contributed by atoms with Crippen molar-refractivity contribution in [2.75, 3.05) is 31.3 Å². The minimum atomic E-state index is -0.596. The lowest BCUT2D eigenvalue weighted by atomic mass is 10.1. The largest absolute Gasteiger partial charge is 0.506 e. The molecule has 3 N–H and O–H groups in total. The van der Waals surface area contributed by atoms with Gasteiger partial charge in [0.2, 0.25) is 0 Å². The van der Waals surface area contributed by atoms with Gasteiger partial charge in [0.25, 0.3) is 17.4 Å². The highest BCUT2D eigenvalue weighted by Crippen LogP contribution is 2.36. The number of pyridine rings is 1. The van der Waals surface area contributed by atoms with Gasteiger partial charge in [-0.25, -0.2) is 9.97 Å². The molecule has 10 nitrogen and oxygen atoms in total. The number of aromatic nitrogens is 3. The summed E-state index contributed by atoms with van der Waals surface area (Å²) >= 11 is 11.9. The third-order valence-electron chi connectivity index (χ3n) is 5.68. The Morgan fingerprint density at radius 2 is 1.72 bits per heavy atom. The Morgan fingerprint density at radius 3 is 2.38 bits per heavy atom. The maximum absolute atomic E-state index is 13.0. The van der Waals surface area contributed by atoms with Crippen molar-refractivity contribution < 1.29 is 14.7 Å². The summed E-state index contributed by atoms with van der Waals surface area (Å²) in [6.07, 6.45) is 4.30. The fourth-order valence-corrected chi connectivity index (χ4v) is 3.95. The monoisotopic (exact) mass is 566 g/mol. The number of halogens is 2. The first-order chi connectivity index (χ1) is 18.6. The molecule has 0 spiro atoms. The van der Waals surface area contributed by atoms with Crippen molar-refractivity contribution in [1.29, 1.82) is 0 Å². The fourth-order valence-electron chi connectivity index (χ4n) is 3.62. The SMILES string of the molecule is CN(C)CCn1cncc(-c2ccc(C(=O)Nc3c(O)cc(Cl)cc3NC(=O)c3ccc(Cl)cn3)cc2)c1=O. The molecule has 2 aromatic carbocycles. The smallest absolute Gasteiger partial charge is 0.274 e. The molecule has 4 rings (SSSR count). The van der Waals surface area contributed by atoms with Crippen LogP contribution < -0.4 is 16.2 Å². The topological polar surface area (TPSA) is 129 Å². The van der Waals surface area contributed by atoms with E-state index in [1.165, 1.54) is 47.6 Å². The second-order valence-corrected chi connectivity index (χ2v) is 9.68. The lowest BCUT2D eigenvalue weighted by molar-refractivity contribution is 0.101. The predicted molar refractivity (Wildman–Crippen MR) is 151 cm³/mol. The first kappa shape index (κ1) is 27.8. The van der Waals surface area contributed by atoms with Crippen LogP contribution in [0.25, 0.3) is 11.1 Å². The van der Waals surface area contributed by atoms with Gasteiger partial charge in [0.1, 0.15) is 17.1 Å². The zero-order valence-electron chi connectivity index (χ0n) is 21.0. The van der Waals surface area contributed by atoms with Gasteiger partial charge >= 0.3 is 0 Å². The number of anilines is 2. The summed E-state index contributed by atoms with van der Waals surface area (Å²) in [6.45, 7) is 1.17. The maximum Gasteiger partial charge on any atom is 0.274 e. The quantitative estimate of drug-likeness (QED) is 0.270. The van der Waals surface area contributed by atoms with E-state index < -0.39 is 11.8 Å². The average molecular weight is 567 g/mol. The minimum absolute atomic E-state index is 0.0492. The number of hydrogen-bond acceptors (Lipinski definition) is 7. The third kappa shape index (κ3) is 6.80. The van der Waals surface area contributed by atoms with Gasteiger partial charge in [0, 0.05) is 42.1 Å². The van der Waals surface area contributed by atoms with E-state index in [2.05, 4.69) is 20.6 Å². The van der Waals surface area contributed by atoms with E-state index in [1.54, 1.807) is 24.3 Å². The molecular weight excluding hydrogens is 543 g/mol. The number of aromatic hydroxyl groups is 1. The molecule has 200 valence electrons. The standard InChI is InChI=1S/C27H24Cl2N6O4/c1-34(2)9-10-35-15-30-14-20(27(35)39)16-3-5-17(6-4-16)25(37)33-24-22(11-19(29)12-23(24)36)32-26(38)21-8-7-18(28)13-31-21/h3-8,11-15,36H,9-10H2,1-2H3,(H,32,38)(H,33,37). The summed E-state index contributed by atoms with van der Waals surface area (Å²) in [5, 5.41) is 16.2. The first-order valence-corrected chi connectivity index (χ1v) is 12.4. The van der Waals surface area contributed by atoms with Crippen LogP contribution in [-0.2, 0) is 6.54 Å². The molecule has 0 aliphatic carbocycles. The second-order valence-electron chi connectivity index (χ2n) is 8.80. The number of likely N-dealkylation sites (N-methyl/N-ethyl adjacent to an activating group) is 1. The second kappa shape index (κ2) is 12.1. The van der Waals surface area contributed by atoms with Crippen LogP contribution >= 0.6 is 23.2 Å². The van der Waals surface area contributed by atoms with Crippen molar-refractivity contribution in [3.05, 3.63) is 98.9 Å². The number of carbonyl (C=O) groups is 2. The number of nitrogens with zero attached hydrogens (tertiary/aromatic N) is 4. The van der Waals surface area contributed by atoms with Gasteiger partial charge in [-0.05, 0) is 50.0 Å². The lowest BCUT2D eigenvalue weighted by Gasteiger charge is -2.15. The summed E-state index contributed by atoms with van der Waals surface area (Å²) < 4.78 is 1.54. The molecule has 2 heterocycles. The first-order valence-electron chi connectivity index (χ1n) is 11.7. The molecule has 0 bridgehead atoms. The molecule has 0 atom stereocenters. The minimum Gasteiger partial charge on any atom is -0.506 e. The Kier molecular flexibility index (Phi) is 8.60. The summed E-state index contributed by atoms with van der Waals surface area (Å²) in [6, 6.07) is 11.9. The zero-order chi connectivity index (χ0) is 28.1. The molecule has 0 fully saturated rings. The van der Waals surface area contributed by atoms with Gasteiger partial charge in [0.15, 0.2) is 0 Å². The molecule has 0 saturated carbocycles. The highest BCUT2D eigenvalue weighted by Gasteiger charge is 2.18. The van der Waals surface area contributed by atoms with E-state index in [1.807, 2.05) is 19.0 Å². The molecule has 0 unspecified atom stereocenters. The Morgan fingerprint density at radius 1 is 0.974 bits per heavy atom. The van der Waals surface area contributed by atoms with Crippen molar-refractivity contribution in [2.24, 2.45) is 0 Å². The molecule has 2 amide bonds. The van der Waals surface area contributed by atoms with Crippen LogP contribution in [0.2, 0.25) is 10.0 Å². The van der Waals surface area contributed by atoms with Crippen molar-refractivity contribution >= 4 is 46.4 Å². The normalized spacial score (nSPS) is 10.9. The number of phenols is 1. The number of rotatable bonds is 8. The highest BCUT2D eigenvalue weighted by atomic mass is 35.5. The van der Waals surface area contributed by atoms with E-state index in [0.29, 0.717) is 29.2 Å². The van der Waals surface area contributed by atoms with E-state index >= 15 is 0 Å². The number of hydrogen-bond donors (Lipinski definition) is 3. The number of benzene rings is 2. The Labute approximate surface area is 233 Å². The van der Waals surface area contributed by atoms with Crippen LogP contribution in [0, 0.1) is 0 Å². The molecule has 0 aliphatic heterocycles. The molecule has 0 aliphatic rings. The molecular formula is C27H24Cl2N6O4. The van der Waals surface area contributed by atoms with E-state index in [9.17, 15) is 19.5 Å². The number of amides is 2. The molecule has 2 aromatic heterocycles. The van der Waals surface area contributed by atoms with Crippen molar-refractivity contribution in [3.63, 3.8) is 0 Å². The van der Waals surface area contributed by atoms with Crippen LogP contribution in [0.15, 0.2) is 72.0 Å². The maximum atomic E-state index is 13.0. The van der Waals surface area contributed by atoms with Gasteiger partial charge in [-0.1, -0.05) is 35.3 Å². The van der Waals surface area contributed by atoms with Gasteiger partial charge < -0.3 is 20.6 Å².